The van der Waals surface area contributed by atoms with Crippen LogP contribution in [0.15, 0.2) is 24.4 Å². The number of aromatic nitrogens is 1. The third-order valence-corrected chi connectivity index (χ3v) is 5.38. The number of hydrogen-bond donors (Lipinski definition) is 1. The van der Waals surface area contributed by atoms with Gasteiger partial charge >= 0.3 is 6.61 Å². The molecule has 1 heterocycles. The van der Waals surface area contributed by atoms with Crippen molar-refractivity contribution < 1.29 is 27.1 Å². The Bertz CT molecular complexity index is 831. The topological polar surface area (TPSA) is 43.3 Å². The first-order valence-corrected chi connectivity index (χ1v) is 9.48. The summed E-state index contributed by atoms with van der Waals surface area (Å²) in [5, 5.41) is 3.69. The highest BCUT2D eigenvalue weighted by Gasteiger charge is 2.34. The molecule has 0 spiro atoms. The Balaban J connectivity index is 1.71. The normalized spacial score (nSPS) is 17.4. The minimum atomic E-state index is -2.86. The Morgan fingerprint density at radius 3 is 2.71 bits per heavy atom. The molecule has 3 rings (SSSR count). The Morgan fingerprint density at radius 2 is 2.04 bits per heavy atom. The van der Waals surface area contributed by atoms with Crippen LogP contribution in [-0.2, 0) is 11.3 Å². The van der Waals surface area contributed by atoms with E-state index in [0.29, 0.717) is 40.9 Å². The summed E-state index contributed by atoms with van der Waals surface area (Å²) in [6.07, 6.45) is 1.95. The summed E-state index contributed by atoms with van der Waals surface area (Å²) in [6.45, 7) is -2.64. The van der Waals surface area contributed by atoms with E-state index < -0.39 is 12.5 Å². The number of halogens is 5. The van der Waals surface area contributed by atoms with Crippen molar-refractivity contribution in [1.82, 2.24) is 9.88 Å². The molecule has 0 aliphatic heterocycles. The van der Waals surface area contributed by atoms with Gasteiger partial charge in [0.1, 0.15) is 0 Å². The second-order valence-electron chi connectivity index (χ2n) is 7.01. The molecule has 0 bridgehead atoms. The van der Waals surface area contributed by atoms with E-state index in [1.54, 1.807) is 29.0 Å². The van der Waals surface area contributed by atoms with Crippen molar-refractivity contribution in [2.75, 3.05) is 13.2 Å². The summed E-state index contributed by atoms with van der Waals surface area (Å²) in [5.74, 6) is -2.97. The molecule has 1 aromatic carbocycles. The van der Waals surface area contributed by atoms with E-state index in [-0.39, 0.29) is 37.8 Å². The zero-order chi connectivity index (χ0) is 20.3. The predicted octanol–water partition coefficient (Wildman–Crippen LogP) is 5.09. The number of alkyl halides is 4. The number of fused-ring (bicyclic) bond motifs is 1. The molecular weight excluding hydrogens is 400 g/mol. The Morgan fingerprint density at radius 1 is 1.32 bits per heavy atom. The fraction of sp³-hybridized carbons (Fsp3) is 0.526. The average molecular weight is 421 g/mol. The number of ether oxygens (including phenoxy) is 1. The third-order valence-electron chi connectivity index (χ3n) is 5.06. The highest BCUT2D eigenvalue weighted by Crippen LogP contribution is 2.36. The molecule has 1 saturated carbocycles. The van der Waals surface area contributed by atoms with Crippen LogP contribution >= 0.6 is 11.6 Å². The SMILES string of the molecule is O=C(NCC1CCC(F)(F)CC1)c1cn(CCOC(F)F)c2cccc(Cl)c12. The van der Waals surface area contributed by atoms with Gasteiger partial charge in [0.25, 0.3) is 5.91 Å². The molecule has 0 atom stereocenters. The number of nitrogens with one attached hydrogen (secondary N) is 1. The molecule has 1 amide bonds. The first-order valence-electron chi connectivity index (χ1n) is 9.10. The lowest BCUT2D eigenvalue weighted by Gasteiger charge is -2.28. The first-order chi connectivity index (χ1) is 13.3. The van der Waals surface area contributed by atoms with Crippen LogP contribution in [0.5, 0.6) is 0 Å². The molecule has 1 fully saturated rings. The second-order valence-corrected chi connectivity index (χ2v) is 7.42. The molecule has 2 aromatic rings. The van der Waals surface area contributed by atoms with Crippen LogP contribution in [0, 0.1) is 5.92 Å². The minimum Gasteiger partial charge on any atom is -0.352 e. The largest absolute Gasteiger partial charge is 0.352 e. The minimum absolute atomic E-state index is 0.00633. The van der Waals surface area contributed by atoms with Gasteiger partial charge in [-0.3, -0.25) is 4.79 Å². The lowest BCUT2D eigenvalue weighted by atomic mass is 9.87. The molecule has 9 heteroatoms. The Labute approximate surface area is 164 Å². The van der Waals surface area contributed by atoms with Gasteiger partial charge in [0.05, 0.1) is 22.7 Å². The monoisotopic (exact) mass is 420 g/mol. The lowest BCUT2D eigenvalue weighted by Crippen LogP contribution is -2.33. The molecular formula is C19H21ClF4N2O2. The molecule has 1 aliphatic rings. The smallest absolute Gasteiger partial charge is 0.345 e. The zero-order valence-electron chi connectivity index (χ0n) is 15.1. The number of hydrogen-bond acceptors (Lipinski definition) is 2. The molecule has 1 aromatic heterocycles. The number of carbonyl (C=O) groups is 1. The van der Waals surface area contributed by atoms with E-state index in [0.717, 1.165) is 0 Å². The fourth-order valence-electron chi connectivity index (χ4n) is 3.54. The summed E-state index contributed by atoms with van der Waals surface area (Å²) in [6, 6.07) is 5.09. The summed E-state index contributed by atoms with van der Waals surface area (Å²) in [4.78, 5) is 12.7. The molecule has 1 N–H and O–H groups in total. The van der Waals surface area contributed by atoms with E-state index in [2.05, 4.69) is 10.1 Å². The van der Waals surface area contributed by atoms with Gasteiger partial charge in [0.2, 0.25) is 5.92 Å². The van der Waals surface area contributed by atoms with Crippen LogP contribution in [0.25, 0.3) is 10.9 Å². The van der Waals surface area contributed by atoms with Crippen molar-refractivity contribution in [2.45, 2.75) is 44.8 Å². The fourth-order valence-corrected chi connectivity index (χ4v) is 3.81. The van der Waals surface area contributed by atoms with Crippen LogP contribution in [0.1, 0.15) is 36.0 Å². The number of carbonyl (C=O) groups excluding carboxylic acids is 1. The van der Waals surface area contributed by atoms with E-state index in [9.17, 15) is 22.4 Å². The quantitative estimate of drug-likeness (QED) is 0.634. The first kappa shape index (κ1) is 20.9. The van der Waals surface area contributed by atoms with Crippen LogP contribution in [-0.4, -0.2) is 36.2 Å². The summed E-state index contributed by atoms with van der Waals surface area (Å²) in [7, 11) is 0. The molecule has 4 nitrogen and oxygen atoms in total. The molecule has 28 heavy (non-hydrogen) atoms. The molecule has 1 aliphatic carbocycles. The van der Waals surface area contributed by atoms with E-state index in [4.69, 9.17) is 11.6 Å². The van der Waals surface area contributed by atoms with Crippen molar-refractivity contribution in [1.29, 1.82) is 0 Å². The standard InChI is InChI=1S/C19H21ClF4N2O2/c20-14-2-1-3-15-16(14)13(11-26(15)8-9-28-18(21)22)17(27)25-10-12-4-6-19(23,24)7-5-12/h1-3,11-12,18H,4-10H2,(H,25,27). The maximum atomic E-state index is 13.3. The third kappa shape index (κ3) is 4.97. The number of rotatable bonds is 7. The molecule has 0 saturated heterocycles. The van der Waals surface area contributed by atoms with E-state index in [1.165, 1.54) is 0 Å². The molecule has 0 radical (unpaired) electrons. The summed E-state index contributed by atoms with van der Waals surface area (Å²) >= 11 is 6.26. The number of amides is 1. The highest BCUT2D eigenvalue weighted by atomic mass is 35.5. The maximum Gasteiger partial charge on any atom is 0.345 e. The van der Waals surface area contributed by atoms with Gasteiger partial charge in [-0.15, -0.1) is 0 Å². The highest BCUT2D eigenvalue weighted by molar-refractivity contribution is 6.36. The summed E-state index contributed by atoms with van der Waals surface area (Å²) < 4.78 is 56.9. The number of benzene rings is 1. The van der Waals surface area contributed by atoms with Gasteiger partial charge in [-0.25, -0.2) is 8.78 Å². The average Bonchev–Trinajstić information content (AvgIpc) is 3.00. The predicted molar refractivity (Wildman–Crippen MR) is 98.1 cm³/mol. The van der Waals surface area contributed by atoms with Crippen molar-refractivity contribution in [3.8, 4) is 0 Å². The second kappa shape index (κ2) is 8.69. The van der Waals surface area contributed by atoms with Gasteiger partial charge in [-0.2, -0.15) is 8.78 Å². The van der Waals surface area contributed by atoms with Gasteiger partial charge < -0.3 is 14.6 Å². The molecule has 154 valence electrons. The van der Waals surface area contributed by atoms with Crippen LogP contribution in [0.4, 0.5) is 17.6 Å². The van der Waals surface area contributed by atoms with Crippen LogP contribution in [0.2, 0.25) is 5.02 Å². The van der Waals surface area contributed by atoms with Crippen molar-refractivity contribution >= 4 is 28.4 Å². The van der Waals surface area contributed by atoms with Crippen molar-refractivity contribution in [3.63, 3.8) is 0 Å². The van der Waals surface area contributed by atoms with E-state index in [1.807, 2.05) is 0 Å². The Kier molecular flexibility index (Phi) is 6.50. The van der Waals surface area contributed by atoms with Crippen molar-refractivity contribution in [2.24, 2.45) is 5.92 Å². The van der Waals surface area contributed by atoms with Crippen LogP contribution in [0.3, 0.4) is 0 Å². The van der Waals surface area contributed by atoms with Gasteiger partial charge in [0.15, 0.2) is 0 Å². The summed E-state index contributed by atoms with van der Waals surface area (Å²) in [5.41, 5.74) is 0.951. The molecule has 0 unspecified atom stereocenters. The maximum absolute atomic E-state index is 13.3. The van der Waals surface area contributed by atoms with E-state index >= 15 is 0 Å². The lowest BCUT2D eigenvalue weighted by molar-refractivity contribution is -0.130. The van der Waals surface area contributed by atoms with Crippen LogP contribution < -0.4 is 5.32 Å². The Hall–Kier alpha value is -1.80. The van der Waals surface area contributed by atoms with Gasteiger partial charge in [-0.05, 0) is 30.9 Å². The van der Waals surface area contributed by atoms with Crippen molar-refractivity contribution in [3.05, 3.63) is 35.0 Å². The zero-order valence-corrected chi connectivity index (χ0v) is 15.8. The van der Waals surface area contributed by atoms with Gasteiger partial charge in [0, 0.05) is 37.5 Å². The number of nitrogens with zero attached hydrogens (tertiary/aromatic N) is 1. The van der Waals surface area contributed by atoms with Gasteiger partial charge in [-0.1, -0.05) is 17.7 Å².